The van der Waals surface area contributed by atoms with Gasteiger partial charge < -0.3 is 4.57 Å². The number of rotatable bonds is 6. The van der Waals surface area contributed by atoms with Gasteiger partial charge in [0.05, 0.1) is 23.8 Å². The maximum atomic E-state index is 4.22. The summed E-state index contributed by atoms with van der Waals surface area (Å²) >= 11 is 0. The van der Waals surface area contributed by atoms with Crippen molar-refractivity contribution in [3.63, 3.8) is 0 Å². The minimum Gasteiger partial charge on any atom is -0.308 e. The molecule has 0 bridgehead atoms. The van der Waals surface area contributed by atoms with Gasteiger partial charge in [0.2, 0.25) is 0 Å². The first kappa shape index (κ1) is 28.4. The Labute approximate surface area is 275 Å². The van der Waals surface area contributed by atoms with Gasteiger partial charge in [0.15, 0.2) is 0 Å². The number of nitrogens with zero attached hydrogens (tertiary/aromatic N) is 3. The molecule has 0 aliphatic carbocycles. The normalized spacial score (nSPS) is 11.2. The molecule has 8 rings (SSSR count). The van der Waals surface area contributed by atoms with E-state index in [2.05, 4.69) is 180 Å². The second-order valence-corrected chi connectivity index (χ2v) is 12.0. The first-order valence-electron chi connectivity index (χ1n) is 16.0. The van der Waals surface area contributed by atoms with Gasteiger partial charge in [-0.05, 0) is 70.5 Å². The topological polar surface area (TPSA) is 30.7 Å². The van der Waals surface area contributed by atoms with E-state index in [1.54, 1.807) is 0 Å². The molecule has 0 saturated heterocycles. The molecule has 0 spiro atoms. The van der Waals surface area contributed by atoms with Gasteiger partial charge in [-0.15, -0.1) is 0 Å². The van der Waals surface area contributed by atoms with Gasteiger partial charge in [0.25, 0.3) is 0 Å². The van der Waals surface area contributed by atoms with Crippen LogP contribution in [0.1, 0.15) is 11.1 Å². The van der Waals surface area contributed by atoms with Crippen molar-refractivity contribution in [1.82, 2.24) is 14.8 Å². The zero-order chi connectivity index (χ0) is 31.7. The average Bonchev–Trinajstić information content (AvgIpc) is 3.50. The first-order valence-corrected chi connectivity index (χ1v) is 16.0. The highest BCUT2D eigenvalue weighted by atomic mass is 15.1. The fraction of sp³-hybridized carbons (Fsp3) is 0.0455. The summed E-state index contributed by atoms with van der Waals surface area (Å²) in [5.74, 6) is 0. The first-order chi connectivity index (χ1) is 23.2. The summed E-state index contributed by atoms with van der Waals surface area (Å²) in [4.78, 5) is 0. The van der Waals surface area contributed by atoms with E-state index in [-0.39, 0.29) is 0 Å². The van der Waals surface area contributed by atoms with Crippen LogP contribution in [-0.2, 0) is 0 Å². The van der Waals surface area contributed by atoms with Gasteiger partial charge in [-0.25, -0.2) is 0 Å². The number of fused-ring (bicyclic) bond motifs is 1. The number of benzene rings is 6. The molecule has 2 aromatic heterocycles. The van der Waals surface area contributed by atoms with E-state index in [0.717, 1.165) is 16.5 Å². The van der Waals surface area contributed by atoms with Crippen molar-refractivity contribution in [2.45, 2.75) is 13.8 Å². The van der Waals surface area contributed by atoms with Crippen LogP contribution in [0.25, 0.3) is 72.4 Å². The van der Waals surface area contributed by atoms with Crippen LogP contribution in [-0.4, -0.2) is 14.8 Å². The predicted octanol–water partition coefficient (Wildman–Crippen LogP) is 11.4. The number of hydrogen-bond donors (Lipinski definition) is 0. The van der Waals surface area contributed by atoms with Crippen LogP contribution in [0, 0.1) is 13.8 Å². The highest BCUT2D eigenvalue weighted by Crippen LogP contribution is 2.50. The van der Waals surface area contributed by atoms with Gasteiger partial charge in [0, 0.05) is 27.6 Å². The van der Waals surface area contributed by atoms with Crippen LogP contribution in [0.4, 0.5) is 0 Å². The third-order valence-corrected chi connectivity index (χ3v) is 9.05. The van der Waals surface area contributed by atoms with Crippen LogP contribution in [0.5, 0.6) is 0 Å². The van der Waals surface area contributed by atoms with E-state index in [1.807, 2.05) is 12.4 Å². The number of aromatic nitrogens is 3. The lowest BCUT2D eigenvalue weighted by molar-refractivity contribution is 1.05. The molecule has 0 fully saturated rings. The molecule has 2 heterocycles. The minimum atomic E-state index is 1.08. The van der Waals surface area contributed by atoms with Crippen LogP contribution >= 0.6 is 0 Å². The highest BCUT2D eigenvalue weighted by molar-refractivity contribution is 6.03. The molecule has 47 heavy (non-hydrogen) atoms. The molecular weight excluding hydrogens is 571 g/mol. The van der Waals surface area contributed by atoms with Crippen molar-refractivity contribution in [3.05, 3.63) is 175 Å². The second-order valence-electron chi connectivity index (χ2n) is 12.0. The van der Waals surface area contributed by atoms with Crippen molar-refractivity contribution in [2.24, 2.45) is 0 Å². The van der Waals surface area contributed by atoms with Crippen molar-refractivity contribution in [3.8, 4) is 61.6 Å². The van der Waals surface area contributed by atoms with Crippen LogP contribution in [0.2, 0.25) is 0 Å². The summed E-state index contributed by atoms with van der Waals surface area (Å²) in [5, 5.41) is 10.5. The van der Waals surface area contributed by atoms with Crippen molar-refractivity contribution in [2.75, 3.05) is 0 Å². The molecule has 0 unspecified atom stereocenters. The second kappa shape index (κ2) is 12.0. The van der Waals surface area contributed by atoms with Crippen LogP contribution < -0.4 is 0 Å². The van der Waals surface area contributed by atoms with Gasteiger partial charge in [0.1, 0.15) is 0 Å². The molecule has 3 heteroatoms. The Morgan fingerprint density at radius 1 is 0.426 bits per heavy atom. The van der Waals surface area contributed by atoms with Gasteiger partial charge in [-0.3, -0.25) is 0 Å². The van der Waals surface area contributed by atoms with Gasteiger partial charge in [-0.1, -0.05) is 140 Å². The Morgan fingerprint density at radius 3 is 1.45 bits per heavy atom. The highest BCUT2D eigenvalue weighted by Gasteiger charge is 2.28. The lowest BCUT2D eigenvalue weighted by atomic mass is 9.91. The molecular formula is C44H33N3. The lowest BCUT2D eigenvalue weighted by Crippen LogP contribution is -2.04. The largest absolute Gasteiger partial charge is 0.308 e. The maximum absolute atomic E-state index is 4.22. The molecule has 0 atom stereocenters. The fourth-order valence-corrected chi connectivity index (χ4v) is 6.92. The average molecular weight is 604 g/mol. The molecule has 0 aliphatic heterocycles. The van der Waals surface area contributed by atoms with Crippen molar-refractivity contribution >= 4 is 10.8 Å². The van der Waals surface area contributed by atoms with Crippen molar-refractivity contribution in [1.29, 1.82) is 0 Å². The lowest BCUT2D eigenvalue weighted by Gasteiger charge is -2.20. The smallest absolute Gasteiger partial charge is 0.0620 e. The standard InChI is InChI=1S/C44H33N3/c1-30-27-40(31(2)26-38(30)37-25-15-24-36-28-45-46-29-39(36)37)47-43(34-20-11-5-12-21-34)41(32-16-7-3-8-17-32)42(33-18-9-4-10-19-33)44(47)35-22-13-6-14-23-35/h3-29H,1-2H3. The van der Waals surface area contributed by atoms with E-state index in [1.165, 1.54) is 67.0 Å². The van der Waals surface area contributed by atoms with Gasteiger partial charge >= 0.3 is 0 Å². The molecule has 8 aromatic rings. The number of hydrogen-bond acceptors (Lipinski definition) is 2. The zero-order valence-electron chi connectivity index (χ0n) is 26.4. The Kier molecular flexibility index (Phi) is 7.28. The SMILES string of the molecule is Cc1cc(-n2c(-c3ccccc3)c(-c3ccccc3)c(-c3ccccc3)c2-c2ccccc2)c(C)cc1-c1cccc2cnncc12. The monoisotopic (exact) mass is 603 g/mol. The van der Waals surface area contributed by atoms with E-state index in [4.69, 9.17) is 0 Å². The Balaban J connectivity index is 1.52. The van der Waals surface area contributed by atoms with E-state index >= 15 is 0 Å². The number of aryl methyl sites for hydroxylation is 2. The summed E-state index contributed by atoms with van der Waals surface area (Å²) in [7, 11) is 0. The maximum Gasteiger partial charge on any atom is 0.0620 e. The molecule has 224 valence electrons. The summed E-state index contributed by atoms with van der Waals surface area (Å²) in [5.41, 5.74) is 15.4. The van der Waals surface area contributed by atoms with E-state index in [9.17, 15) is 0 Å². The minimum absolute atomic E-state index is 1.08. The Hall–Kier alpha value is -6.06. The summed E-state index contributed by atoms with van der Waals surface area (Å²) in [6, 6.07) is 54.4. The van der Waals surface area contributed by atoms with E-state index < -0.39 is 0 Å². The van der Waals surface area contributed by atoms with Crippen molar-refractivity contribution < 1.29 is 0 Å². The molecule has 0 radical (unpaired) electrons. The molecule has 0 saturated carbocycles. The molecule has 0 aliphatic rings. The summed E-state index contributed by atoms with van der Waals surface area (Å²) < 4.78 is 2.51. The fourth-order valence-electron chi connectivity index (χ4n) is 6.92. The summed E-state index contributed by atoms with van der Waals surface area (Å²) in [6.07, 6.45) is 3.71. The van der Waals surface area contributed by atoms with Crippen LogP contribution in [0.3, 0.4) is 0 Å². The Bertz CT molecular complexity index is 2230. The quantitative estimate of drug-likeness (QED) is 0.189. The molecule has 0 amide bonds. The van der Waals surface area contributed by atoms with Crippen LogP contribution in [0.15, 0.2) is 164 Å². The van der Waals surface area contributed by atoms with E-state index in [0.29, 0.717) is 0 Å². The molecule has 6 aromatic carbocycles. The molecule has 0 N–H and O–H groups in total. The summed E-state index contributed by atoms with van der Waals surface area (Å²) in [6.45, 7) is 4.45. The third-order valence-electron chi connectivity index (χ3n) is 9.05. The predicted molar refractivity (Wildman–Crippen MR) is 196 cm³/mol. The Morgan fingerprint density at radius 2 is 0.915 bits per heavy atom. The molecule has 3 nitrogen and oxygen atoms in total. The third kappa shape index (κ3) is 5.03. The van der Waals surface area contributed by atoms with Gasteiger partial charge in [-0.2, -0.15) is 10.2 Å². The zero-order valence-corrected chi connectivity index (χ0v) is 26.4.